The maximum atomic E-state index is 15.1. The molecule has 0 aliphatic rings. The molecule has 10 heteroatoms. The van der Waals surface area contributed by atoms with Gasteiger partial charge >= 0.3 is 11.8 Å². The number of rotatable bonds is 7. The highest BCUT2D eigenvalue weighted by molar-refractivity contribution is 9.10. The number of nitrogens with one attached hydrogen (secondary N) is 1. The number of fused-ring (bicyclic) bond motifs is 1. The fourth-order valence-corrected chi connectivity index (χ4v) is 5.84. The van der Waals surface area contributed by atoms with Gasteiger partial charge < -0.3 is 13.8 Å². The molecule has 2 rings (SSSR count). The number of thiophene rings is 1. The van der Waals surface area contributed by atoms with Crippen molar-refractivity contribution in [3.05, 3.63) is 27.5 Å². The minimum atomic E-state index is -3.28. The van der Waals surface area contributed by atoms with E-state index >= 15 is 8.78 Å². The Balaban J connectivity index is 2.35. The lowest BCUT2D eigenvalue weighted by atomic mass is 10.2. The SMILES string of the molecule is CCOP(OCC)C(F)(F)c1sc2ccc(NC(=O)OC(C)(C)C)cc2c1Br. The molecule has 28 heavy (non-hydrogen) atoms. The topological polar surface area (TPSA) is 56.8 Å². The van der Waals surface area contributed by atoms with Gasteiger partial charge in [0.25, 0.3) is 8.38 Å². The van der Waals surface area contributed by atoms with E-state index in [0.29, 0.717) is 15.8 Å². The Morgan fingerprint density at radius 3 is 2.36 bits per heavy atom. The monoisotopic (exact) mass is 497 g/mol. The van der Waals surface area contributed by atoms with Crippen molar-refractivity contribution in [2.75, 3.05) is 18.5 Å². The minimum absolute atomic E-state index is 0.133. The lowest BCUT2D eigenvalue weighted by Crippen LogP contribution is -2.27. The molecule has 0 aliphatic carbocycles. The molecule has 0 atom stereocenters. The molecule has 156 valence electrons. The highest BCUT2D eigenvalue weighted by atomic mass is 79.9. The molecule has 0 radical (unpaired) electrons. The number of carbonyl (C=O) groups is 1. The van der Waals surface area contributed by atoms with Crippen LogP contribution in [0.5, 0.6) is 0 Å². The first kappa shape index (κ1) is 23.4. The number of hydrogen-bond acceptors (Lipinski definition) is 5. The van der Waals surface area contributed by atoms with E-state index in [1.165, 1.54) is 0 Å². The van der Waals surface area contributed by atoms with Crippen molar-refractivity contribution < 1.29 is 27.4 Å². The molecule has 0 fully saturated rings. The van der Waals surface area contributed by atoms with Crippen molar-refractivity contribution in [1.82, 2.24) is 0 Å². The maximum Gasteiger partial charge on any atom is 0.412 e. The third-order valence-corrected chi connectivity index (χ3v) is 7.41. The Labute approximate surface area is 176 Å². The van der Waals surface area contributed by atoms with E-state index in [1.54, 1.807) is 52.8 Å². The van der Waals surface area contributed by atoms with Gasteiger partial charge in [-0.25, -0.2) is 4.79 Å². The zero-order valence-corrected chi connectivity index (χ0v) is 19.6. The Kier molecular flexibility index (Phi) is 7.78. The Bertz CT molecular complexity index is 835. The fraction of sp³-hybridized carbons (Fsp3) is 0.500. The highest BCUT2D eigenvalue weighted by Crippen LogP contribution is 2.63. The smallest absolute Gasteiger partial charge is 0.412 e. The Morgan fingerprint density at radius 2 is 1.82 bits per heavy atom. The molecule has 5 nitrogen and oxygen atoms in total. The quantitative estimate of drug-likeness (QED) is 0.403. The van der Waals surface area contributed by atoms with Gasteiger partial charge in [-0.2, -0.15) is 8.78 Å². The van der Waals surface area contributed by atoms with E-state index < -0.39 is 25.7 Å². The van der Waals surface area contributed by atoms with Crippen LogP contribution in [-0.4, -0.2) is 24.9 Å². The van der Waals surface area contributed by atoms with E-state index in [4.69, 9.17) is 13.8 Å². The number of benzene rings is 1. The lowest BCUT2D eigenvalue weighted by Gasteiger charge is -2.24. The molecule has 1 aromatic heterocycles. The molecule has 0 saturated heterocycles. The fourth-order valence-electron chi connectivity index (χ4n) is 2.28. The van der Waals surface area contributed by atoms with Crippen molar-refractivity contribution in [3.63, 3.8) is 0 Å². The van der Waals surface area contributed by atoms with Gasteiger partial charge in [-0.3, -0.25) is 5.32 Å². The molecule has 1 N–H and O–H groups in total. The van der Waals surface area contributed by atoms with Crippen molar-refractivity contribution in [1.29, 1.82) is 0 Å². The van der Waals surface area contributed by atoms with Crippen molar-refractivity contribution in [2.45, 2.75) is 45.9 Å². The summed E-state index contributed by atoms with van der Waals surface area (Å²) in [4.78, 5) is 11.8. The molecule has 0 bridgehead atoms. The summed E-state index contributed by atoms with van der Waals surface area (Å²) < 4.78 is 46.6. The number of halogens is 3. The van der Waals surface area contributed by atoms with Crippen molar-refractivity contribution in [3.8, 4) is 0 Å². The minimum Gasteiger partial charge on any atom is -0.444 e. The third-order valence-electron chi connectivity index (χ3n) is 3.27. The summed E-state index contributed by atoms with van der Waals surface area (Å²) in [5.41, 5.74) is -3.46. The summed E-state index contributed by atoms with van der Waals surface area (Å²) in [5.74, 6) is 0. The summed E-state index contributed by atoms with van der Waals surface area (Å²) in [6.07, 6.45) is -0.611. The summed E-state index contributed by atoms with van der Waals surface area (Å²) >= 11 is 4.26. The molecule has 1 aromatic carbocycles. The van der Waals surface area contributed by atoms with E-state index in [9.17, 15) is 4.79 Å². The average molecular weight is 498 g/mol. The van der Waals surface area contributed by atoms with Gasteiger partial charge in [0.2, 0.25) is 0 Å². The number of amides is 1. The molecule has 2 aromatic rings. The molecular formula is C18H23BrF2NO4PS. The summed E-state index contributed by atoms with van der Waals surface area (Å²) in [7, 11) is -2.41. The highest BCUT2D eigenvalue weighted by Gasteiger charge is 2.47. The number of carbonyl (C=O) groups excluding carboxylic acids is 1. The normalized spacial score (nSPS) is 12.6. The summed E-state index contributed by atoms with van der Waals surface area (Å²) in [6, 6.07) is 4.95. The van der Waals surface area contributed by atoms with Gasteiger partial charge in [0, 0.05) is 20.2 Å². The number of hydrogen-bond donors (Lipinski definition) is 1. The van der Waals surface area contributed by atoms with Gasteiger partial charge in [-0.05, 0) is 68.7 Å². The zero-order chi connectivity index (χ0) is 21.1. The van der Waals surface area contributed by atoms with Gasteiger partial charge in [-0.1, -0.05) is 0 Å². The van der Waals surface area contributed by atoms with Gasteiger partial charge in [0.1, 0.15) is 5.60 Å². The zero-order valence-electron chi connectivity index (χ0n) is 16.3. The second kappa shape index (κ2) is 9.30. The first-order chi connectivity index (χ1) is 13.0. The lowest BCUT2D eigenvalue weighted by molar-refractivity contribution is 0.0599. The van der Waals surface area contributed by atoms with Crippen LogP contribution >= 0.6 is 35.6 Å². The molecule has 0 saturated carbocycles. The van der Waals surface area contributed by atoms with Crippen LogP contribution in [-0.2, 0) is 19.4 Å². The molecule has 1 heterocycles. The van der Waals surface area contributed by atoms with Crippen LogP contribution in [0.4, 0.5) is 19.3 Å². The van der Waals surface area contributed by atoms with Gasteiger partial charge in [0.05, 0.1) is 18.1 Å². The number of alkyl halides is 2. The van der Waals surface area contributed by atoms with Gasteiger partial charge in [0.15, 0.2) is 0 Å². The van der Waals surface area contributed by atoms with Crippen LogP contribution in [0.1, 0.15) is 39.5 Å². The summed E-state index contributed by atoms with van der Waals surface area (Å²) in [6.45, 7) is 8.84. The predicted molar refractivity (Wildman–Crippen MR) is 113 cm³/mol. The van der Waals surface area contributed by atoms with Crippen LogP contribution in [0.3, 0.4) is 0 Å². The second-order valence-electron chi connectivity index (χ2n) is 6.72. The van der Waals surface area contributed by atoms with Crippen molar-refractivity contribution >= 4 is 57.5 Å². The van der Waals surface area contributed by atoms with E-state index in [0.717, 1.165) is 11.3 Å². The molecule has 1 amide bonds. The van der Waals surface area contributed by atoms with Crippen molar-refractivity contribution in [2.24, 2.45) is 0 Å². The van der Waals surface area contributed by atoms with E-state index in [-0.39, 0.29) is 22.6 Å². The van der Waals surface area contributed by atoms with Crippen LogP contribution in [0.15, 0.2) is 22.7 Å². The maximum absolute atomic E-state index is 15.1. The van der Waals surface area contributed by atoms with E-state index in [1.807, 2.05) is 0 Å². The molecule has 0 spiro atoms. The molecule has 0 aliphatic heterocycles. The molecular weight excluding hydrogens is 475 g/mol. The second-order valence-corrected chi connectivity index (χ2v) is 10.2. The summed E-state index contributed by atoms with van der Waals surface area (Å²) in [5, 5.41) is 3.18. The standard InChI is InChI=1S/C18H23BrF2NO4PS/c1-6-24-27(25-7-2)18(20,21)15-14(19)12-10-11(8-9-13(12)28-15)22-16(23)26-17(3,4)5/h8-10H,6-7H2,1-5H3,(H,22,23). The largest absolute Gasteiger partial charge is 0.444 e. The molecule has 0 unspecified atom stereocenters. The van der Waals surface area contributed by atoms with Gasteiger partial charge in [-0.15, -0.1) is 11.3 Å². The first-order valence-electron chi connectivity index (χ1n) is 8.66. The predicted octanol–water partition coefficient (Wildman–Crippen LogP) is 7.45. The van der Waals surface area contributed by atoms with E-state index in [2.05, 4.69) is 21.2 Å². The van der Waals surface area contributed by atoms with Crippen LogP contribution < -0.4 is 5.32 Å². The number of ether oxygens (including phenoxy) is 1. The third kappa shape index (κ3) is 5.60. The van der Waals surface area contributed by atoms with Crippen LogP contribution in [0.2, 0.25) is 0 Å². The first-order valence-corrected chi connectivity index (χ1v) is 11.4. The average Bonchev–Trinajstić information content (AvgIpc) is 2.90. The number of anilines is 1. The van der Waals surface area contributed by atoms with Crippen LogP contribution in [0, 0.1) is 0 Å². The Morgan fingerprint density at radius 1 is 1.21 bits per heavy atom. The Hall–Kier alpha value is -0.860. The van der Waals surface area contributed by atoms with Crippen LogP contribution in [0.25, 0.3) is 10.1 Å².